The van der Waals surface area contributed by atoms with Crippen LogP contribution in [0.2, 0.25) is 0 Å². The molecule has 0 spiro atoms. The van der Waals surface area contributed by atoms with Crippen LogP contribution in [0.25, 0.3) is 0 Å². The predicted molar refractivity (Wildman–Crippen MR) is 65.7 cm³/mol. The van der Waals surface area contributed by atoms with Crippen molar-refractivity contribution in [3.63, 3.8) is 0 Å². The summed E-state index contributed by atoms with van der Waals surface area (Å²) in [5.74, 6) is -0.355. The monoisotopic (exact) mass is 287 g/mol. The van der Waals surface area contributed by atoms with Crippen LogP contribution < -0.4 is 0 Å². The van der Waals surface area contributed by atoms with E-state index in [1.165, 1.54) is 35.2 Å². The van der Waals surface area contributed by atoms with E-state index in [2.05, 4.69) is 0 Å². The summed E-state index contributed by atoms with van der Waals surface area (Å²) < 4.78 is 51.6. The van der Waals surface area contributed by atoms with Gasteiger partial charge in [0, 0.05) is 24.5 Å². The molecule has 0 fully saturated rings. The zero-order valence-electron chi connectivity index (χ0n) is 10.7. The third kappa shape index (κ3) is 3.19. The highest BCUT2D eigenvalue weighted by Crippen LogP contribution is 2.32. The van der Waals surface area contributed by atoms with Crippen molar-refractivity contribution >= 4 is 0 Å². The molecule has 6 heteroatoms. The van der Waals surface area contributed by atoms with E-state index in [4.69, 9.17) is 5.11 Å². The molecule has 0 amide bonds. The Kier molecular flexibility index (Phi) is 3.85. The minimum absolute atomic E-state index is 0.211. The first-order valence-electron chi connectivity index (χ1n) is 5.93. The van der Waals surface area contributed by atoms with E-state index in [1.807, 2.05) is 0 Å². The van der Waals surface area contributed by atoms with Crippen molar-refractivity contribution in [2.75, 3.05) is 0 Å². The summed E-state index contributed by atoms with van der Waals surface area (Å²) >= 11 is 0. The Morgan fingerprint density at radius 3 is 2.55 bits per heavy atom. The number of rotatable bonds is 3. The number of alkyl halides is 3. The van der Waals surface area contributed by atoms with Gasteiger partial charge in [-0.3, -0.25) is 0 Å². The number of aliphatic hydroxyl groups excluding tert-OH is 1. The van der Waals surface area contributed by atoms with Crippen LogP contribution in [-0.2, 0) is 6.54 Å². The molecule has 0 bridgehead atoms. The molecular formula is C14H13F4NO. The van der Waals surface area contributed by atoms with Crippen molar-refractivity contribution < 1.29 is 22.7 Å². The number of aliphatic hydroxyl groups is 1. The highest BCUT2D eigenvalue weighted by molar-refractivity contribution is 5.27. The Morgan fingerprint density at radius 2 is 1.95 bits per heavy atom. The first kappa shape index (κ1) is 14.6. The topological polar surface area (TPSA) is 25.2 Å². The van der Waals surface area contributed by atoms with Crippen molar-refractivity contribution in [2.45, 2.75) is 25.7 Å². The third-order valence-electron chi connectivity index (χ3n) is 3.06. The van der Waals surface area contributed by atoms with E-state index < -0.39 is 12.3 Å². The van der Waals surface area contributed by atoms with Crippen LogP contribution in [-0.4, -0.2) is 15.8 Å². The van der Waals surface area contributed by atoms with Gasteiger partial charge in [-0.2, -0.15) is 13.2 Å². The lowest BCUT2D eigenvalue weighted by atomic mass is 10.1. The Morgan fingerprint density at radius 1 is 1.25 bits per heavy atom. The maximum Gasteiger partial charge on any atom is 0.418 e. The highest BCUT2D eigenvalue weighted by Gasteiger charge is 2.39. The van der Waals surface area contributed by atoms with E-state index in [1.54, 1.807) is 13.0 Å². The number of aromatic nitrogens is 1. The summed E-state index contributed by atoms with van der Waals surface area (Å²) in [6, 6.07) is 5.48. The van der Waals surface area contributed by atoms with Crippen LogP contribution in [0.3, 0.4) is 0 Å². The first-order chi connectivity index (χ1) is 9.27. The second-order valence-corrected chi connectivity index (χ2v) is 4.63. The molecule has 0 saturated heterocycles. The van der Waals surface area contributed by atoms with Crippen LogP contribution in [0.1, 0.15) is 22.8 Å². The molecule has 20 heavy (non-hydrogen) atoms. The van der Waals surface area contributed by atoms with Crippen LogP contribution in [0.15, 0.2) is 36.7 Å². The molecule has 2 nitrogen and oxygen atoms in total. The molecule has 1 heterocycles. The zero-order chi connectivity index (χ0) is 14.9. The van der Waals surface area contributed by atoms with E-state index in [0.29, 0.717) is 6.54 Å². The fourth-order valence-corrected chi connectivity index (χ4v) is 1.94. The lowest BCUT2D eigenvalue weighted by Crippen LogP contribution is -2.19. The van der Waals surface area contributed by atoms with Crippen LogP contribution in [0.4, 0.5) is 17.6 Å². The van der Waals surface area contributed by atoms with Gasteiger partial charge < -0.3 is 9.67 Å². The molecule has 0 radical (unpaired) electrons. The molecule has 1 N–H and O–H groups in total. The highest BCUT2D eigenvalue weighted by atomic mass is 19.4. The molecule has 0 aliphatic rings. The molecule has 108 valence electrons. The van der Waals surface area contributed by atoms with Crippen molar-refractivity contribution in [3.05, 3.63) is 59.2 Å². The summed E-state index contributed by atoms with van der Waals surface area (Å²) in [5, 5.41) is 9.14. The zero-order valence-corrected chi connectivity index (χ0v) is 10.7. The van der Waals surface area contributed by atoms with Gasteiger partial charge in [0.15, 0.2) is 6.10 Å². The minimum Gasteiger partial charge on any atom is -0.379 e. The van der Waals surface area contributed by atoms with Crippen molar-refractivity contribution in [1.82, 2.24) is 4.57 Å². The van der Waals surface area contributed by atoms with Gasteiger partial charge in [-0.05, 0) is 36.2 Å². The summed E-state index contributed by atoms with van der Waals surface area (Å²) in [5.41, 5.74) is 1.31. The van der Waals surface area contributed by atoms with Gasteiger partial charge in [-0.25, -0.2) is 4.39 Å². The normalized spacial score (nSPS) is 13.5. The second kappa shape index (κ2) is 5.28. The Balaban J connectivity index is 2.18. The molecule has 0 saturated carbocycles. The molecule has 2 aromatic rings. The second-order valence-electron chi connectivity index (χ2n) is 4.63. The minimum atomic E-state index is -4.68. The molecule has 0 aliphatic heterocycles. The fourth-order valence-electron chi connectivity index (χ4n) is 1.94. The Labute approximate surface area is 113 Å². The van der Waals surface area contributed by atoms with Gasteiger partial charge in [-0.1, -0.05) is 6.07 Å². The van der Waals surface area contributed by atoms with Crippen LogP contribution in [0.5, 0.6) is 0 Å². The smallest absolute Gasteiger partial charge is 0.379 e. The number of hydrogen-bond donors (Lipinski definition) is 1. The van der Waals surface area contributed by atoms with E-state index >= 15 is 0 Å². The standard InChI is InChI=1S/C14H13F4NO/c1-9-6-12(15)3-2-10(9)7-19-5-4-11(8-19)13(20)14(16,17)18/h2-6,8,13,20H,7H2,1H3. The maximum absolute atomic E-state index is 13.0. The third-order valence-corrected chi connectivity index (χ3v) is 3.06. The number of halogens is 4. The van der Waals surface area contributed by atoms with Gasteiger partial charge in [0.05, 0.1) is 0 Å². The van der Waals surface area contributed by atoms with Gasteiger partial charge in [-0.15, -0.1) is 0 Å². The average molecular weight is 287 g/mol. The van der Waals surface area contributed by atoms with Crippen LogP contribution >= 0.6 is 0 Å². The quantitative estimate of drug-likeness (QED) is 0.858. The molecule has 0 aliphatic carbocycles. The number of nitrogens with zero attached hydrogens (tertiary/aromatic N) is 1. The van der Waals surface area contributed by atoms with Crippen LogP contribution in [0, 0.1) is 12.7 Å². The summed E-state index contributed by atoms with van der Waals surface area (Å²) in [4.78, 5) is 0. The number of hydrogen-bond acceptors (Lipinski definition) is 1. The molecule has 1 aromatic heterocycles. The van der Waals surface area contributed by atoms with Gasteiger partial charge in [0.2, 0.25) is 0 Å². The number of aryl methyl sites for hydroxylation is 1. The summed E-state index contributed by atoms with van der Waals surface area (Å²) in [7, 11) is 0. The predicted octanol–water partition coefficient (Wildman–Crippen LogP) is 3.58. The molecular weight excluding hydrogens is 274 g/mol. The SMILES string of the molecule is Cc1cc(F)ccc1Cn1ccc(C(O)C(F)(F)F)c1. The lowest BCUT2D eigenvalue weighted by molar-refractivity contribution is -0.206. The van der Waals surface area contributed by atoms with E-state index in [9.17, 15) is 17.6 Å². The summed E-state index contributed by atoms with van der Waals surface area (Å²) in [6.45, 7) is 2.05. The number of benzene rings is 1. The van der Waals surface area contributed by atoms with Crippen molar-refractivity contribution in [1.29, 1.82) is 0 Å². The van der Waals surface area contributed by atoms with Gasteiger partial charge >= 0.3 is 6.18 Å². The fraction of sp³-hybridized carbons (Fsp3) is 0.286. The van der Waals surface area contributed by atoms with Gasteiger partial charge in [0.1, 0.15) is 5.82 Å². The molecule has 1 unspecified atom stereocenters. The molecule has 1 aromatic carbocycles. The largest absolute Gasteiger partial charge is 0.418 e. The molecule has 2 rings (SSSR count). The van der Waals surface area contributed by atoms with E-state index in [0.717, 1.165) is 11.1 Å². The average Bonchev–Trinajstić information content (AvgIpc) is 2.79. The summed E-state index contributed by atoms with van der Waals surface area (Å²) in [6.07, 6.45) is -4.48. The maximum atomic E-state index is 13.0. The van der Waals surface area contributed by atoms with Gasteiger partial charge in [0.25, 0.3) is 0 Å². The van der Waals surface area contributed by atoms with E-state index in [-0.39, 0.29) is 11.4 Å². The molecule has 1 atom stereocenters. The lowest BCUT2D eigenvalue weighted by Gasteiger charge is -2.12. The first-order valence-corrected chi connectivity index (χ1v) is 5.93. The Hall–Kier alpha value is -1.82. The van der Waals surface area contributed by atoms with Crippen molar-refractivity contribution in [3.8, 4) is 0 Å². The Bertz CT molecular complexity index is 603. The van der Waals surface area contributed by atoms with Crippen molar-refractivity contribution in [2.24, 2.45) is 0 Å².